The number of aryl methyl sites for hydroxylation is 1. The molecule has 3 aromatic rings. The Hall–Kier alpha value is -2.90. The molecular weight excluding hydrogens is 438 g/mol. The highest BCUT2D eigenvalue weighted by atomic mass is 32.2. The largest absolute Gasteiger partial charge is 0.479 e. The van der Waals surface area contributed by atoms with Crippen LogP contribution in [0.5, 0.6) is 0 Å². The van der Waals surface area contributed by atoms with Gasteiger partial charge >= 0.3 is 5.97 Å². The van der Waals surface area contributed by atoms with Crippen LogP contribution in [-0.2, 0) is 19.6 Å². The lowest BCUT2D eigenvalue weighted by Crippen LogP contribution is -2.28. The van der Waals surface area contributed by atoms with E-state index < -0.39 is 27.7 Å². The van der Waals surface area contributed by atoms with Crippen LogP contribution in [0.2, 0.25) is 0 Å². The van der Waals surface area contributed by atoms with Gasteiger partial charge in [-0.05, 0) is 80.1 Å². The first kappa shape index (κ1) is 23.3. The second kappa shape index (κ2) is 8.47. The minimum Gasteiger partial charge on any atom is -0.479 e. The summed E-state index contributed by atoms with van der Waals surface area (Å²) < 4.78 is 33.7. The van der Waals surface area contributed by atoms with Crippen LogP contribution in [0.4, 0.5) is 5.69 Å². The minimum atomic E-state index is -3.42. The van der Waals surface area contributed by atoms with Gasteiger partial charge in [0, 0.05) is 11.3 Å². The van der Waals surface area contributed by atoms with Gasteiger partial charge in [0.1, 0.15) is 0 Å². The minimum absolute atomic E-state index is 0.340. The third kappa shape index (κ3) is 5.04. The van der Waals surface area contributed by atoms with E-state index in [2.05, 4.69) is 4.72 Å². The summed E-state index contributed by atoms with van der Waals surface area (Å²) in [7, 11) is -3.42. The number of carbonyl (C=O) groups is 1. The second-order valence-electron chi connectivity index (χ2n) is 9.58. The van der Waals surface area contributed by atoms with Crippen molar-refractivity contribution in [3.05, 3.63) is 65.7 Å². The van der Waals surface area contributed by atoms with E-state index in [1.165, 1.54) is 0 Å². The van der Waals surface area contributed by atoms with Crippen molar-refractivity contribution in [2.45, 2.75) is 57.5 Å². The van der Waals surface area contributed by atoms with Crippen LogP contribution in [0, 0.1) is 6.92 Å². The Bertz CT molecular complexity index is 1320. The van der Waals surface area contributed by atoms with Crippen molar-refractivity contribution in [2.24, 2.45) is 0 Å². The third-order valence-corrected chi connectivity index (χ3v) is 7.50. The zero-order valence-corrected chi connectivity index (χ0v) is 20.1. The zero-order valence-electron chi connectivity index (χ0n) is 19.3. The van der Waals surface area contributed by atoms with Crippen molar-refractivity contribution in [1.29, 1.82) is 0 Å². The Balaban J connectivity index is 1.93. The molecule has 0 aromatic heterocycles. The predicted octanol–water partition coefficient (Wildman–Crippen LogP) is 5.66. The second-order valence-corrected chi connectivity index (χ2v) is 11.5. The highest BCUT2D eigenvalue weighted by Crippen LogP contribution is 2.41. The van der Waals surface area contributed by atoms with E-state index in [1.54, 1.807) is 18.2 Å². The molecule has 6 nitrogen and oxygen atoms in total. The van der Waals surface area contributed by atoms with Crippen LogP contribution in [-0.4, -0.2) is 30.3 Å². The molecule has 0 spiro atoms. The van der Waals surface area contributed by atoms with E-state index in [0.29, 0.717) is 24.1 Å². The van der Waals surface area contributed by atoms with Crippen LogP contribution < -0.4 is 4.72 Å². The molecule has 0 aliphatic heterocycles. The Kier molecular flexibility index (Phi) is 5.97. The molecule has 0 heterocycles. The highest BCUT2D eigenvalue weighted by molar-refractivity contribution is 7.93. The number of aliphatic carboxylic acids is 1. The fourth-order valence-corrected chi connectivity index (χ4v) is 5.48. The normalized spacial score (nSPS) is 15.4. The Morgan fingerprint density at radius 3 is 2.42 bits per heavy atom. The van der Waals surface area contributed by atoms with E-state index in [1.807, 2.05) is 64.1 Å². The predicted molar refractivity (Wildman–Crippen MR) is 131 cm³/mol. The molecule has 33 heavy (non-hydrogen) atoms. The number of nitrogens with one attached hydrogen (secondary N) is 1. The first-order valence-electron chi connectivity index (χ1n) is 11.0. The van der Waals surface area contributed by atoms with Gasteiger partial charge in [0.25, 0.3) is 0 Å². The van der Waals surface area contributed by atoms with Crippen LogP contribution in [0.3, 0.4) is 0 Å². The highest BCUT2D eigenvalue weighted by Gasteiger charge is 2.36. The maximum Gasteiger partial charge on any atom is 0.337 e. The summed E-state index contributed by atoms with van der Waals surface area (Å²) in [5, 5.41) is 11.6. The molecule has 0 radical (unpaired) electrons. The van der Waals surface area contributed by atoms with Crippen LogP contribution in [0.25, 0.3) is 21.9 Å². The molecule has 3 aromatic carbocycles. The van der Waals surface area contributed by atoms with Gasteiger partial charge in [-0.25, -0.2) is 13.2 Å². The number of rotatable bonds is 7. The fourth-order valence-electron chi connectivity index (χ4n) is 4.10. The summed E-state index contributed by atoms with van der Waals surface area (Å²) in [5.74, 6) is -1.07. The summed E-state index contributed by atoms with van der Waals surface area (Å²) in [6, 6.07) is 16.9. The topological polar surface area (TPSA) is 92.7 Å². The number of carboxylic acid groups (broad SMARTS) is 1. The monoisotopic (exact) mass is 467 g/mol. The smallest absolute Gasteiger partial charge is 0.337 e. The molecule has 4 rings (SSSR count). The molecule has 0 bridgehead atoms. The molecular formula is C26H29NO5S. The molecule has 1 aliphatic rings. The van der Waals surface area contributed by atoms with Crippen molar-refractivity contribution in [1.82, 2.24) is 0 Å². The Morgan fingerprint density at radius 2 is 1.79 bits per heavy atom. The quantitative estimate of drug-likeness (QED) is 0.468. The Labute approximate surface area is 194 Å². The molecule has 7 heteroatoms. The summed E-state index contributed by atoms with van der Waals surface area (Å²) in [5.41, 5.74) is 2.60. The number of carboxylic acids is 1. The number of fused-ring (bicyclic) bond motifs is 1. The number of ether oxygens (including phenoxy) is 1. The van der Waals surface area contributed by atoms with Gasteiger partial charge in [-0.2, -0.15) is 0 Å². The number of hydrogen-bond acceptors (Lipinski definition) is 4. The van der Waals surface area contributed by atoms with E-state index in [4.69, 9.17) is 4.74 Å². The molecule has 1 aliphatic carbocycles. The van der Waals surface area contributed by atoms with Gasteiger partial charge in [0.05, 0.1) is 10.9 Å². The van der Waals surface area contributed by atoms with Crippen molar-refractivity contribution >= 4 is 32.5 Å². The van der Waals surface area contributed by atoms with E-state index in [-0.39, 0.29) is 5.25 Å². The summed E-state index contributed by atoms with van der Waals surface area (Å²) in [4.78, 5) is 12.4. The van der Waals surface area contributed by atoms with Gasteiger partial charge in [0.2, 0.25) is 10.0 Å². The van der Waals surface area contributed by atoms with E-state index in [9.17, 15) is 18.3 Å². The zero-order chi connectivity index (χ0) is 24.0. The van der Waals surface area contributed by atoms with E-state index >= 15 is 0 Å². The SMILES string of the molecule is Cc1cc2ccccc2c(-c2cccc(NS(=O)(=O)C3CC3)c2)c1[C@H](OC(C)(C)C)C(=O)O. The molecule has 1 atom stereocenters. The van der Waals surface area contributed by atoms with Crippen molar-refractivity contribution in [3.8, 4) is 11.1 Å². The van der Waals surface area contributed by atoms with Crippen molar-refractivity contribution < 1.29 is 23.1 Å². The number of anilines is 1. The molecule has 0 saturated heterocycles. The summed E-state index contributed by atoms with van der Waals surface area (Å²) in [6.07, 6.45) is 0.162. The first-order valence-corrected chi connectivity index (χ1v) is 12.6. The number of hydrogen-bond donors (Lipinski definition) is 2. The molecule has 2 N–H and O–H groups in total. The maximum atomic E-state index is 12.5. The summed E-state index contributed by atoms with van der Waals surface area (Å²) >= 11 is 0. The van der Waals surface area contributed by atoms with Gasteiger partial charge in [-0.3, -0.25) is 4.72 Å². The lowest BCUT2D eigenvalue weighted by molar-refractivity contribution is -0.160. The van der Waals surface area contributed by atoms with Crippen molar-refractivity contribution in [2.75, 3.05) is 4.72 Å². The molecule has 0 amide bonds. The Morgan fingerprint density at radius 1 is 1.09 bits per heavy atom. The van der Waals surface area contributed by atoms with Gasteiger partial charge < -0.3 is 9.84 Å². The average molecular weight is 468 g/mol. The molecule has 0 unspecified atom stereocenters. The maximum absolute atomic E-state index is 12.5. The van der Waals surface area contributed by atoms with Gasteiger partial charge in [0.15, 0.2) is 6.10 Å². The van der Waals surface area contributed by atoms with Crippen LogP contribution in [0.15, 0.2) is 54.6 Å². The first-order chi connectivity index (χ1) is 15.5. The fraction of sp³-hybridized carbons (Fsp3) is 0.346. The summed E-state index contributed by atoms with van der Waals surface area (Å²) in [6.45, 7) is 7.36. The third-order valence-electron chi connectivity index (χ3n) is 5.63. The molecule has 1 saturated carbocycles. The molecule has 174 valence electrons. The lowest BCUT2D eigenvalue weighted by atomic mass is 9.87. The van der Waals surface area contributed by atoms with Gasteiger partial charge in [-0.1, -0.05) is 42.5 Å². The van der Waals surface area contributed by atoms with Crippen molar-refractivity contribution in [3.63, 3.8) is 0 Å². The number of sulfonamides is 1. The molecule has 1 fully saturated rings. The van der Waals surface area contributed by atoms with Crippen LogP contribution in [0.1, 0.15) is 50.8 Å². The lowest BCUT2D eigenvalue weighted by Gasteiger charge is -2.28. The van der Waals surface area contributed by atoms with E-state index in [0.717, 1.165) is 27.5 Å². The standard InChI is InChI=1S/C26H29NO5S/c1-16-14-17-8-5-6-11-21(17)23(22(16)24(25(28)29)32-26(2,3)4)18-9-7-10-19(15-18)27-33(30,31)20-12-13-20/h5-11,14-15,20,24,27H,12-13H2,1-4H3,(H,28,29)/t24-/m0/s1. The van der Waals surface area contributed by atoms with Gasteiger partial charge in [-0.15, -0.1) is 0 Å². The average Bonchev–Trinajstić information content (AvgIpc) is 3.56. The number of benzene rings is 3. The van der Waals surface area contributed by atoms with Crippen LogP contribution >= 0.6 is 0 Å².